The smallest absolute Gasteiger partial charge is 0.506 e. The molecule has 5 nitrogen and oxygen atoms in total. The van der Waals surface area contributed by atoms with Crippen LogP contribution in [0.3, 0.4) is 0 Å². The van der Waals surface area contributed by atoms with Gasteiger partial charge < -0.3 is 9.84 Å². The van der Waals surface area contributed by atoms with Crippen molar-refractivity contribution in [3.8, 4) is 11.5 Å². The van der Waals surface area contributed by atoms with Gasteiger partial charge in [0.25, 0.3) is 0 Å². The first-order valence-corrected chi connectivity index (χ1v) is 8.48. The summed E-state index contributed by atoms with van der Waals surface area (Å²) < 4.78 is 69.2. The number of aromatic nitrogens is 2. The molecule has 10 heteroatoms. The van der Waals surface area contributed by atoms with Crippen molar-refractivity contribution < 1.29 is 36.6 Å². The van der Waals surface area contributed by atoms with Gasteiger partial charge in [-0.05, 0) is 42.0 Å². The third kappa shape index (κ3) is 5.07. The van der Waals surface area contributed by atoms with Crippen LogP contribution in [-0.4, -0.2) is 27.2 Å². The first-order chi connectivity index (χ1) is 14.1. The maximum Gasteiger partial charge on any atom is 0.573 e. The lowest BCUT2D eigenvalue weighted by Crippen LogP contribution is -2.18. The van der Waals surface area contributed by atoms with Gasteiger partial charge in [-0.25, -0.2) is 13.8 Å². The summed E-state index contributed by atoms with van der Waals surface area (Å²) in [6.45, 7) is 0. The summed E-state index contributed by atoms with van der Waals surface area (Å²) in [5.74, 6) is -5.00. The number of halogens is 5. The van der Waals surface area contributed by atoms with E-state index in [4.69, 9.17) is 0 Å². The lowest BCUT2D eigenvalue weighted by atomic mass is 9.89. The molecule has 3 rings (SSSR count). The zero-order valence-electron chi connectivity index (χ0n) is 15.0. The maximum atomic E-state index is 14.3. The highest BCUT2D eigenvalue weighted by Gasteiger charge is 2.33. The number of ketones is 1. The average molecular weight is 424 g/mol. The summed E-state index contributed by atoms with van der Waals surface area (Å²) in [5.41, 5.74) is -0.202. The Bertz CT molecular complexity index is 1060. The molecule has 3 aromatic rings. The lowest BCUT2D eigenvalue weighted by molar-refractivity contribution is -0.275. The molecule has 1 N–H and O–H groups in total. The van der Waals surface area contributed by atoms with Crippen LogP contribution in [-0.2, 0) is 0 Å². The molecule has 0 unspecified atom stereocenters. The standard InChI is InChI=1S/C20H13F5N2O3/c21-14-2-1-7-26-19(14)13(9-17(29)16-5-4-12(28)10-27-16)11-3-6-18(15(22)8-11)30-20(23,24)25/h1-8,10,13,28H,9H2/t13-/m0/s1. The molecule has 0 aliphatic rings. The Morgan fingerprint density at radius 1 is 1.07 bits per heavy atom. The number of hydrogen-bond donors (Lipinski definition) is 1. The van der Waals surface area contributed by atoms with Crippen LogP contribution in [0.4, 0.5) is 22.0 Å². The average Bonchev–Trinajstić information content (AvgIpc) is 2.68. The molecule has 2 heterocycles. The van der Waals surface area contributed by atoms with E-state index in [-0.39, 0.29) is 22.7 Å². The number of rotatable bonds is 6. The molecule has 1 atom stereocenters. The number of nitrogens with zero attached hydrogens (tertiary/aromatic N) is 2. The molecule has 0 saturated carbocycles. The van der Waals surface area contributed by atoms with Gasteiger partial charge in [0.2, 0.25) is 0 Å². The highest BCUT2D eigenvalue weighted by atomic mass is 19.4. The number of Topliss-reactive ketones (excluding diaryl/α,β-unsaturated/α-hetero) is 1. The topological polar surface area (TPSA) is 72.3 Å². The van der Waals surface area contributed by atoms with Crippen LogP contribution in [0.15, 0.2) is 54.9 Å². The second kappa shape index (κ2) is 8.44. The molecule has 0 amide bonds. The number of pyridine rings is 2. The van der Waals surface area contributed by atoms with E-state index in [0.717, 1.165) is 30.5 Å². The first-order valence-electron chi connectivity index (χ1n) is 8.48. The molecule has 0 fully saturated rings. The third-order valence-corrected chi connectivity index (χ3v) is 4.12. The van der Waals surface area contributed by atoms with E-state index in [1.807, 2.05) is 0 Å². The quantitative estimate of drug-likeness (QED) is 0.456. The van der Waals surface area contributed by atoms with Crippen LogP contribution < -0.4 is 4.74 Å². The van der Waals surface area contributed by atoms with Crippen molar-refractivity contribution in [2.75, 3.05) is 0 Å². The number of ether oxygens (including phenoxy) is 1. The molecule has 0 bridgehead atoms. The predicted molar refractivity (Wildman–Crippen MR) is 94.0 cm³/mol. The van der Waals surface area contributed by atoms with Gasteiger partial charge in [0.1, 0.15) is 17.3 Å². The molecule has 2 aromatic heterocycles. The highest BCUT2D eigenvalue weighted by Crippen LogP contribution is 2.33. The largest absolute Gasteiger partial charge is 0.573 e. The second-order valence-corrected chi connectivity index (χ2v) is 6.19. The molecule has 156 valence electrons. The Kier molecular flexibility index (Phi) is 5.95. The van der Waals surface area contributed by atoms with Gasteiger partial charge in [-0.15, -0.1) is 13.2 Å². The lowest BCUT2D eigenvalue weighted by Gasteiger charge is -2.18. The molecule has 0 saturated heterocycles. The summed E-state index contributed by atoms with van der Waals surface area (Å²) in [4.78, 5) is 20.3. The van der Waals surface area contributed by atoms with Crippen molar-refractivity contribution in [2.45, 2.75) is 18.7 Å². The van der Waals surface area contributed by atoms with Crippen LogP contribution >= 0.6 is 0 Å². The fraction of sp³-hybridized carbons (Fsp3) is 0.150. The van der Waals surface area contributed by atoms with Gasteiger partial charge >= 0.3 is 6.36 Å². The molecule has 0 aliphatic carbocycles. The third-order valence-electron chi connectivity index (χ3n) is 4.12. The maximum absolute atomic E-state index is 14.3. The van der Waals surface area contributed by atoms with Crippen LogP contribution in [0.25, 0.3) is 0 Å². The van der Waals surface area contributed by atoms with Crippen LogP contribution in [0, 0.1) is 11.6 Å². The van der Waals surface area contributed by atoms with Crippen molar-refractivity contribution in [3.05, 3.63) is 83.4 Å². The summed E-state index contributed by atoms with van der Waals surface area (Å²) in [5, 5.41) is 9.28. The van der Waals surface area contributed by atoms with Crippen molar-refractivity contribution >= 4 is 5.78 Å². The number of hydrogen-bond acceptors (Lipinski definition) is 5. The van der Waals surface area contributed by atoms with E-state index in [1.165, 1.54) is 24.4 Å². The molecular weight excluding hydrogens is 411 g/mol. The fourth-order valence-electron chi connectivity index (χ4n) is 2.81. The summed E-state index contributed by atoms with van der Waals surface area (Å²) in [6.07, 6.45) is -3.17. The highest BCUT2D eigenvalue weighted by molar-refractivity contribution is 5.95. The van der Waals surface area contributed by atoms with Crippen molar-refractivity contribution in [1.29, 1.82) is 0 Å². The van der Waals surface area contributed by atoms with Crippen LogP contribution in [0.2, 0.25) is 0 Å². The molecule has 0 aliphatic heterocycles. The van der Waals surface area contributed by atoms with Crippen molar-refractivity contribution in [3.63, 3.8) is 0 Å². The second-order valence-electron chi connectivity index (χ2n) is 6.19. The van der Waals surface area contributed by atoms with Gasteiger partial charge in [0.15, 0.2) is 17.3 Å². The van der Waals surface area contributed by atoms with Crippen LogP contribution in [0.5, 0.6) is 11.5 Å². The normalized spacial score (nSPS) is 12.4. The fourth-order valence-corrected chi connectivity index (χ4v) is 2.81. The molecule has 30 heavy (non-hydrogen) atoms. The number of alkyl halides is 3. The minimum atomic E-state index is -5.09. The van der Waals surface area contributed by atoms with Crippen LogP contribution in [0.1, 0.15) is 34.1 Å². The Labute approximate surface area is 166 Å². The Hall–Kier alpha value is -3.56. The number of carbonyl (C=O) groups excluding carboxylic acids is 1. The van der Waals surface area contributed by atoms with Gasteiger partial charge in [-0.2, -0.15) is 0 Å². The minimum absolute atomic E-state index is 0.0201. The number of aromatic hydroxyl groups is 1. The van der Waals surface area contributed by atoms with Crippen molar-refractivity contribution in [1.82, 2.24) is 9.97 Å². The van der Waals surface area contributed by atoms with E-state index in [0.29, 0.717) is 0 Å². The number of carbonyl (C=O) groups is 1. The number of benzene rings is 1. The SMILES string of the molecule is O=C(C[C@@H](c1ccc(OC(F)(F)F)c(F)c1)c1ncccc1F)c1ccc(O)cn1. The van der Waals surface area contributed by atoms with E-state index < -0.39 is 41.9 Å². The Morgan fingerprint density at radius 2 is 1.83 bits per heavy atom. The summed E-state index contributed by atoms with van der Waals surface area (Å²) in [7, 11) is 0. The molecular formula is C20H13F5N2O3. The van der Waals surface area contributed by atoms with Gasteiger partial charge in [0.05, 0.1) is 11.9 Å². The summed E-state index contributed by atoms with van der Waals surface area (Å²) >= 11 is 0. The summed E-state index contributed by atoms with van der Waals surface area (Å²) in [6, 6.07) is 7.48. The first kappa shape index (κ1) is 21.2. The molecule has 1 aromatic carbocycles. The zero-order valence-corrected chi connectivity index (χ0v) is 15.0. The van der Waals surface area contributed by atoms with E-state index in [9.17, 15) is 31.9 Å². The van der Waals surface area contributed by atoms with E-state index in [2.05, 4.69) is 14.7 Å². The van der Waals surface area contributed by atoms with E-state index >= 15 is 0 Å². The van der Waals surface area contributed by atoms with E-state index in [1.54, 1.807) is 0 Å². The zero-order chi connectivity index (χ0) is 21.9. The Balaban J connectivity index is 1.98. The minimum Gasteiger partial charge on any atom is -0.506 e. The molecule has 0 spiro atoms. The van der Waals surface area contributed by atoms with Gasteiger partial charge in [-0.1, -0.05) is 6.07 Å². The predicted octanol–water partition coefficient (Wildman–Crippen LogP) is 4.76. The Morgan fingerprint density at radius 3 is 2.43 bits per heavy atom. The van der Waals surface area contributed by atoms with Gasteiger partial charge in [-0.3, -0.25) is 9.78 Å². The van der Waals surface area contributed by atoms with Crippen molar-refractivity contribution in [2.24, 2.45) is 0 Å². The monoisotopic (exact) mass is 424 g/mol. The molecule has 0 radical (unpaired) electrons. The van der Waals surface area contributed by atoms with Gasteiger partial charge in [0, 0.05) is 18.5 Å².